The first kappa shape index (κ1) is 9.58. The number of methoxy groups -OCH3 is 1. The van der Waals surface area contributed by atoms with Gasteiger partial charge in [-0.1, -0.05) is 0 Å². The molecular weight excluding hydrogens is 166 g/mol. The summed E-state index contributed by atoms with van der Waals surface area (Å²) in [5.74, 6) is 0.944. The van der Waals surface area contributed by atoms with E-state index in [4.69, 9.17) is 4.74 Å². The number of hydrogen-bond acceptors (Lipinski definition) is 3. The second-order valence-corrected chi connectivity index (χ2v) is 2.69. The molecule has 0 aliphatic heterocycles. The van der Waals surface area contributed by atoms with E-state index in [1.807, 2.05) is 6.92 Å². The molecule has 0 aromatic heterocycles. The first-order valence-electron chi connectivity index (χ1n) is 3.99. The lowest BCUT2D eigenvalue weighted by Crippen LogP contribution is -1.95. The molecule has 3 heteroatoms. The standard InChI is InChI=1S/C10H13NO2/c1-7(11-2)9-6-8(13-3)4-5-10(9)12/h4-6,12H,1-3H3. The van der Waals surface area contributed by atoms with Gasteiger partial charge in [0.05, 0.1) is 7.11 Å². The van der Waals surface area contributed by atoms with Gasteiger partial charge in [0.25, 0.3) is 0 Å². The molecule has 0 aliphatic carbocycles. The van der Waals surface area contributed by atoms with Crippen LogP contribution in [0, 0.1) is 0 Å². The van der Waals surface area contributed by atoms with Crippen LogP contribution in [0.3, 0.4) is 0 Å². The molecule has 0 unspecified atom stereocenters. The van der Waals surface area contributed by atoms with Crippen molar-refractivity contribution < 1.29 is 9.84 Å². The third kappa shape index (κ3) is 1.99. The van der Waals surface area contributed by atoms with Crippen LogP contribution in [0.2, 0.25) is 0 Å². The molecular formula is C10H13NO2. The maximum atomic E-state index is 9.50. The van der Waals surface area contributed by atoms with E-state index in [2.05, 4.69) is 4.99 Å². The summed E-state index contributed by atoms with van der Waals surface area (Å²) >= 11 is 0. The average molecular weight is 179 g/mol. The molecule has 0 aliphatic rings. The molecule has 1 rings (SSSR count). The lowest BCUT2D eigenvalue weighted by Gasteiger charge is -2.05. The highest BCUT2D eigenvalue weighted by Gasteiger charge is 2.04. The monoisotopic (exact) mass is 179 g/mol. The number of aliphatic imine (C=N–C) groups is 1. The smallest absolute Gasteiger partial charge is 0.124 e. The minimum atomic E-state index is 0.226. The Morgan fingerprint density at radius 2 is 2.15 bits per heavy atom. The highest BCUT2D eigenvalue weighted by molar-refractivity contribution is 6.01. The van der Waals surface area contributed by atoms with Gasteiger partial charge < -0.3 is 9.84 Å². The number of rotatable bonds is 2. The SMILES string of the molecule is CN=C(C)c1cc(OC)ccc1O. The highest BCUT2D eigenvalue weighted by Crippen LogP contribution is 2.23. The summed E-state index contributed by atoms with van der Waals surface area (Å²) < 4.78 is 5.04. The van der Waals surface area contributed by atoms with Gasteiger partial charge in [0, 0.05) is 18.3 Å². The number of benzene rings is 1. The molecule has 0 saturated carbocycles. The van der Waals surface area contributed by atoms with Crippen LogP contribution in [-0.4, -0.2) is 25.0 Å². The molecule has 0 saturated heterocycles. The lowest BCUT2D eigenvalue weighted by molar-refractivity contribution is 0.412. The maximum Gasteiger partial charge on any atom is 0.124 e. The topological polar surface area (TPSA) is 41.8 Å². The fourth-order valence-electron chi connectivity index (χ4n) is 1.05. The Morgan fingerprint density at radius 3 is 2.69 bits per heavy atom. The Hall–Kier alpha value is -1.51. The van der Waals surface area contributed by atoms with E-state index in [1.54, 1.807) is 32.4 Å². The van der Waals surface area contributed by atoms with Gasteiger partial charge in [0.2, 0.25) is 0 Å². The van der Waals surface area contributed by atoms with Crippen molar-refractivity contribution >= 4 is 5.71 Å². The summed E-state index contributed by atoms with van der Waals surface area (Å²) in [5.41, 5.74) is 1.50. The van der Waals surface area contributed by atoms with Gasteiger partial charge in [0.15, 0.2) is 0 Å². The number of phenolic OH excluding ortho intramolecular Hbond substituents is 1. The summed E-state index contributed by atoms with van der Waals surface area (Å²) in [6.45, 7) is 1.84. The molecule has 0 spiro atoms. The van der Waals surface area contributed by atoms with Gasteiger partial charge in [0.1, 0.15) is 11.5 Å². The van der Waals surface area contributed by atoms with E-state index in [0.29, 0.717) is 5.56 Å². The van der Waals surface area contributed by atoms with Crippen LogP contribution in [-0.2, 0) is 0 Å². The van der Waals surface area contributed by atoms with Crippen molar-refractivity contribution in [1.29, 1.82) is 0 Å². The Labute approximate surface area is 77.7 Å². The van der Waals surface area contributed by atoms with Crippen molar-refractivity contribution in [2.45, 2.75) is 6.92 Å². The van der Waals surface area contributed by atoms with Gasteiger partial charge in [-0.2, -0.15) is 0 Å². The quantitative estimate of drug-likeness (QED) is 0.704. The van der Waals surface area contributed by atoms with Crippen LogP contribution in [0.25, 0.3) is 0 Å². The summed E-state index contributed by atoms with van der Waals surface area (Å²) in [6, 6.07) is 5.07. The Balaban J connectivity index is 3.19. The fraction of sp³-hybridized carbons (Fsp3) is 0.300. The highest BCUT2D eigenvalue weighted by atomic mass is 16.5. The minimum Gasteiger partial charge on any atom is -0.507 e. The Bertz CT molecular complexity index is 332. The second kappa shape index (κ2) is 3.94. The van der Waals surface area contributed by atoms with Gasteiger partial charge in [-0.25, -0.2) is 0 Å². The third-order valence-electron chi connectivity index (χ3n) is 1.93. The van der Waals surface area contributed by atoms with E-state index >= 15 is 0 Å². The zero-order valence-electron chi connectivity index (χ0n) is 8.03. The summed E-state index contributed by atoms with van der Waals surface area (Å²) in [5, 5.41) is 9.50. The van der Waals surface area contributed by atoms with Crippen molar-refractivity contribution in [3.05, 3.63) is 23.8 Å². The van der Waals surface area contributed by atoms with Crippen LogP contribution in [0.5, 0.6) is 11.5 Å². The van der Waals surface area contributed by atoms with E-state index in [-0.39, 0.29) is 5.75 Å². The Kier molecular flexibility index (Phi) is 2.90. The summed E-state index contributed by atoms with van der Waals surface area (Å²) in [4.78, 5) is 4.00. The molecule has 70 valence electrons. The largest absolute Gasteiger partial charge is 0.507 e. The maximum absolute atomic E-state index is 9.50. The predicted molar refractivity (Wildman–Crippen MR) is 52.8 cm³/mol. The van der Waals surface area contributed by atoms with Crippen molar-refractivity contribution in [3.63, 3.8) is 0 Å². The predicted octanol–water partition coefficient (Wildman–Crippen LogP) is 1.84. The lowest BCUT2D eigenvalue weighted by atomic mass is 10.1. The second-order valence-electron chi connectivity index (χ2n) is 2.69. The summed E-state index contributed by atoms with van der Waals surface area (Å²) in [6.07, 6.45) is 0. The van der Waals surface area contributed by atoms with E-state index in [0.717, 1.165) is 11.5 Å². The van der Waals surface area contributed by atoms with Crippen LogP contribution < -0.4 is 4.74 Å². The van der Waals surface area contributed by atoms with Gasteiger partial charge >= 0.3 is 0 Å². The average Bonchev–Trinajstić information content (AvgIpc) is 2.17. The minimum absolute atomic E-state index is 0.226. The van der Waals surface area contributed by atoms with Crippen molar-refractivity contribution in [2.24, 2.45) is 4.99 Å². The number of nitrogens with zero attached hydrogens (tertiary/aromatic N) is 1. The molecule has 3 nitrogen and oxygen atoms in total. The van der Waals surface area contributed by atoms with Gasteiger partial charge in [-0.15, -0.1) is 0 Å². The van der Waals surface area contributed by atoms with E-state index in [1.165, 1.54) is 0 Å². The molecule has 0 heterocycles. The molecule has 13 heavy (non-hydrogen) atoms. The van der Waals surface area contributed by atoms with Gasteiger partial charge in [-0.05, 0) is 25.1 Å². The molecule has 1 N–H and O–H groups in total. The van der Waals surface area contributed by atoms with Crippen molar-refractivity contribution in [2.75, 3.05) is 14.2 Å². The third-order valence-corrected chi connectivity index (χ3v) is 1.93. The van der Waals surface area contributed by atoms with Crippen molar-refractivity contribution in [3.8, 4) is 11.5 Å². The molecule has 1 aromatic rings. The van der Waals surface area contributed by atoms with E-state index < -0.39 is 0 Å². The molecule has 0 bridgehead atoms. The normalized spacial score (nSPS) is 11.5. The van der Waals surface area contributed by atoms with Crippen molar-refractivity contribution in [1.82, 2.24) is 0 Å². The zero-order valence-corrected chi connectivity index (χ0v) is 8.03. The van der Waals surface area contributed by atoms with Crippen LogP contribution >= 0.6 is 0 Å². The summed E-state index contributed by atoms with van der Waals surface area (Å²) in [7, 11) is 3.28. The first-order chi connectivity index (χ1) is 6.19. The molecule has 0 atom stereocenters. The van der Waals surface area contributed by atoms with Crippen LogP contribution in [0.15, 0.2) is 23.2 Å². The van der Waals surface area contributed by atoms with Gasteiger partial charge in [-0.3, -0.25) is 4.99 Å². The number of ether oxygens (including phenoxy) is 1. The number of phenols is 1. The fourth-order valence-corrected chi connectivity index (χ4v) is 1.05. The Morgan fingerprint density at radius 1 is 1.46 bits per heavy atom. The van der Waals surface area contributed by atoms with E-state index in [9.17, 15) is 5.11 Å². The number of hydrogen-bond donors (Lipinski definition) is 1. The number of aromatic hydroxyl groups is 1. The first-order valence-corrected chi connectivity index (χ1v) is 3.99. The van der Waals surface area contributed by atoms with Crippen LogP contribution in [0.1, 0.15) is 12.5 Å². The molecule has 0 amide bonds. The molecule has 0 fully saturated rings. The zero-order chi connectivity index (χ0) is 9.84. The van der Waals surface area contributed by atoms with Crippen LogP contribution in [0.4, 0.5) is 0 Å². The molecule has 0 radical (unpaired) electrons. The molecule has 1 aromatic carbocycles.